The number of hydrogen-bond acceptors (Lipinski definition) is 4. The van der Waals surface area contributed by atoms with E-state index in [-0.39, 0.29) is 30.1 Å². The quantitative estimate of drug-likeness (QED) is 0.532. The Morgan fingerprint density at radius 2 is 2.05 bits per heavy atom. The van der Waals surface area contributed by atoms with E-state index >= 15 is 0 Å². The van der Waals surface area contributed by atoms with Gasteiger partial charge in [0.2, 0.25) is 0 Å². The first-order chi connectivity index (χ1) is 10.1. The molecule has 1 aromatic carbocycles. The van der Waals surface area contributed by atoms with Gasteiger partial charge in [0.1, 0.15) is 11.6 Å². The molecule has 0 saturated carbocycles. The summed E-state index contributed by atoms with van der Waals surface area (Å²) in [4.78, 5) is 14.2. The van der Waals surface area contributed by atoms with Crippen LogP contribution in [0.1, 0.15) is 36.0 Å². The molecule has 1 rings (SSSR count). The predicted octanol–water partition coefficient (Wildman–Crippen LogP) is 2.50. The maximum Gasteiger partial charge on any atom is 0.170 e. The zero-order valence-corrected chi connectivity index (χ0v) is 12.8. The van der Waals surface area contributed by atoms with Gasteiger partial charge in [-0.2, -0.15) is 0 Å². The fourth-order valence-electron chi connectivity index (χ4n) is 2.14. The van der Waals surface area contributed by atoms with Gasteiger partial charge in [-0.1, -0.05) is 6.07 Å². The Kier molecular flexibility index (Phi) is 7.93. The summed E-state index contributed by atoms with van der Waals surface area (Å²) >= 11 is 0. The number of Topliss-reactive ketones (excluding diaryl/α,β-unsaturated/α-hetero) is 1. The molecule has 0 radical (unpaired) electrons. The lowest BCUT2D eigenvalue weighted by molar-refractivity contribution is 0.0961. The summed E-state index contributed by atoms with van der Waals surface area (Å²) in [6, 6.07) is 4.39. The zero-order chi connectivity index (χ0) is 15.7. The molecule has 0 fully saturated rings. The predicted molar refractivity (Wildman–Crippen MR) is 80.3 cm³/mol. The van der Waals surface area contributed by atoms with Crippen molar-refractivity contribution in [1.82, 2.24) is 4.90 Å². The number of ketones is 1. The van der Waals surface area contributed by atoms with E-state index in [0.717, 1.165) is 25.8 Å². The van der Waals surface area contributed by atoms with E-state index in [1.54, 1.807) is 6.07 Å². The maximum absolute atomic E-state index is 13.8. The minimum absolute atomic E-state index is 0.0358. The molecule has 0 aliphatic rings. The number of hydrogen-bond donors (Lipinski definition) is 1. The lowest BCUT2D eigenvalue weighted by atomic mass is 10.1. The number of aliphatic hydroxyl groups excluding tert-OH is 1. The van der Waals surface area contributed by atoms with Gasteiger partial charge in [0.05, 0.1) is 12.7 Å². The van der Waals surface area contributed by atoms with Crippen LogP contribution in [-0.4, -0.2) is 49.6 Å². The van der Waals surface area contributed by atoms with Crippen molar-refractivity contribution in [2.75, 3.05) is 33.9 Å². The molecule has 1 N–H and O–H groups in total. The van der Waals surface area contributed by atoms with Crippen LogP contribution in [0.15, 0.2) is 18.2 Å². The number of aliphatic hydroxyl groups is 1. The molecule has 0 aliphatic heterocycles. The first kappa shape index (κ1) is 17.6. The number of benzene rings is 1. The number of rotatable bonds is 10. The molecule has 0 aromatic heterocycles. The second kappa shape index (κ2) is 9.47. The summed E-state index contributed by atoms with van der Waals surface area (Å²) in [5, 5.41) is 8.70. The van der Waals surface area contributed by atoms with Crippen molar-refractivity contribution < 1.29 is 19.0 Å². The fourth-order valence-corrected chi connectivity index (χ4v) is 2.14. The van der Waals surface area contributed by atoms with E-state index in [1.807, 2.05) is 11.9 Å². The third-order valence-corrected chi connectivity index (χ3v) is 3.39. The van der Waals surface area contributed by atoms with Gasteiger partial charge in [0.25, 0.3) is 0 Å². The van der Waals surface area contributed by atoms with Crippen LogP contribution in [0.2, 0.25) is 0 Å². The summed E-state index contributed by atoms with van der Waals surface area (Å²) in [6.45, 7) is 1.66. The van der Waals surface area contributed by atoms with E-state index in [1.165, 1.54) is 19.2 Å². The van der Waals surface area contributed by atoms with E-state index in [4.69, 9.17) is 9.84 Å². The number of unbranched alkanes of at least 4 members (excludes halogenated alkanes) is 2. The van der Waals surface area contributed by atoms with Crippen LogP contribution < -0.4 is 4.74 Å². The normalized spacial score (nSPS) is 10.9. The summed E-state index contributed by atoms with van der Waals surface area (Å²) in [5.41, 5.74) is 0.0358. The minimum atomic E-state index is -0.537. The number of carbonyl (C=O) groups is 1. The Labute approximate surface area is 125 Å². The highest BCUT2D eigenvalue weighted by atomic mass is 19.1. The summed E-state index contributed by atoms with van der Waals surface area (Å²) < 4.78 is 18.8. The van der Waals surface area contributed by atoms with Gasteiger partial charge in [0, 0.05) is 19.6 Å². The van der Waals surface area contributed by atoms with Crippen molar-refractivity contribution in [2.24, 2.45) is 0 Å². The topological polar surface area (TPSA) is 49.8 Å². The van der Waals surface area contributed by atoms with Crippen LogP contribution in [0.25, 0.3) is 0 Å². The van der Waals surface area contributed by atoms with Crippen LogP contribution in [-0.2, 0) is 0 Å². The minimum Gasteiger partial charge on any atom is -0.496 e. The summed E-state index contributed by atoms with van der Waals surface area (Å²) in [6.07, 6.45) is 3.01. The zero-order valence-electron chi connectivity index (χ0n) is 12.8. The molecule has 0 saturated heterocycles. The van der Waals surface area contributed by atoms with Gasteiger partial charge < -0.3 is 14.7 Å². The fraction of sp³-hybridized carbons (Fsp3) is 0.562. The van der Waals surface area contributed by atoms with Gasteiger partial charge in [0.15, 0.2) is 5.78 Å². The smallest absolute Gasteiger partial charge is 0.170 e. The molecule has 0 bridgehead atoms. The van der Waals surface area contributed by atoms with Crippen LogP contribution in [0.4, 0.5) is 4.39 Å². The molecular formula is C16H24FNO3. The number of halogens is 1. The summed E-state index contributed by atoms with van der Waals surface area (Å²) in [5.74, 6) is -0.497. The second-order valence-corrected chi connectivity index (χ2v) is 5.08. The third kappa shape index (κ3) is 5.81. The van der Waals surface area contributed by atoms with Crippen molar-refractivity contribution in [3.05, 3.63) is 29.6 Å². The van der Waals surface area contributed by atoms with Gasteiger partial charge in [-0.15, -0.1) is 0 Å². The van der Waals surface area contributed by atoms with Gasteiger partial charge in [-0.05, 0) is 45.0 Å². The van der Waals surface area contributed by atoms with E-state index in [2.05, 4.69) is 0 Å². The molecule has 5 heteroatoms. The SMILES string of the molecule is COc1cccc(F)c1C(=O)CCN(C)CCCCCO. The van der Waals surface area contributed by atoms with Crippen molar-refractivity contribution in [3.63, 3.8) is 0 Å². The highest BCUT2D eigenvalue weighted by Crippen LogP contribution is 2.22. The standard InChI is InChI=1S/C16H24FNO3/c1-18(10-4-3-5-12-19)11-9-14(20)16-13(17)7-6-8-15(16)21-2/h6-8,19H,3-5,9-12H2,1-2H3. The highest BCUT2D eigenvalue weighted by molar-refractivity contribution is 5.99. The largest absolute Gasteiger partial charge is 0.496 e. The molecular weight excluding hydrogens is 273 g/mol. The maximum atomic E-state index is 13.8. The van der Waals surface area contributed by atoms with E-state index < -0.39 is 5.82 Å². The van der Waals surface area contributed by atoms with E-state index in [9.17, 15) is 9.18 Å². The Balaban J connectivity index is 2.47. The van der Waals surface area contributed by atoms with Crippen LogP contribution >= 0.6 is 0 Å². The molecule has 4 nitrogen and oxygen atoms in total. The highest BCUT2D eigenvalue weighted by Gasteiger charge is 2.17. The molecule has 118 valence electrons. The van der Waals surface area contributed by atoms with Gasteiger partial charge >= 0.3 is 0 Å². The number of carbonyl (C=O) groups excluding carboxylic acids is 1. The van der Waals surface area contributed by atoms with Gasteiger partial charge in [-0.3, -0.25) is 4.79 Å². The van der Waals surface area contributed by atoms with Crippen LogP contribution in [0, 0.1) is 5.82 Å². The lowest BCUT2D eigenvalue weighted by Crippen LogP contribution is -2.23. The Hall–Kier alpha value is -1.46. The molecule has 0 amide bonds. The number of nitrogens with zero attached hydrogens (tertiary/aromatic N) is 1. The first-order valence-electron chi connectivity index (χ1n) is 7.25. The Morgan fingerprint density at radius 1 is 1.29 bits per heavy atom. The Bertz CT molecular complexity index is 451. The van der Waals surface area contributed by atoms with Crippen molar-refractivity contribution >= 4 is 5.78 Å². The molecule has 0 unspecified atom stereocenters. The Morgan fingerprint density at radius 3 is 2.71 bits per heavy atom. The second-order valence-electron chi connectivity index (χ2n) is 5.08. The monoisotopic (exact) mass is 297 g/mol. The third-order valence-electron chi connectivity index (χ3n) is 3.39. The van der Waals surface area contributed by atoms with Crippen LogP contribution in [0.3, 0.4) is 0 Å². The average molecular weight is 297 g/mol. The van der Waals surface area contributed by atoms with Crippen molar-refractivity contribution in [2.45, 2.75) is 25.7 Å². The molecule has 1 aromatic rings. The van der Waals surface area contributed by atoms with E-state index in [0.29, 0.717) is 6.54 Å². The average Bonchev–Trinajstić information content (AvgIpc) is 2.48. The molecule has 0 aliphatic carbocycles. The summed E-state index contributed by atoms with van der Waals surface area (Å²) in [7, 11) is 3.36. The lowest BCUT2D eigenvalue weighted by Gasteiger charge is -2.16. The number of methoxy groups -OCH3 is 1. The molecule has 0 heterocycles. The van der Waals surface area contributed by atoms with Crippen LogP contribution in [0.5, 0.6) is 5.75 Å². The van der Waals surface area contributed by atoms with Crippen molar-refractivity contribution in [1.29, 1.82) is 0 Å². The van der Waals surface area contributed by atoms with Crippen molar-refractivity contribution in [3.8, 4) is 5.75 Å². The van der Waals surface area contributed by atoms with Gasteiger partial charge in [-0.25, -0.2) is 4.39 Å². The first-order valence-corrected chi connectivity index (χ1v) is 7.25. The molecule has 0 spiro atoms. The number of ether oxygens (including phenoxy) is 1. The molecule has 0 atom stereocenters. The molecule has 21 heavy (non-hydrogen) atoms.